The summed E-state index contributed by atoms with van der Waals surface area (Å²) in [6.45, 7) is 1.13. The van der Waals surface area contributed by atoms with Gasteiger partial charge in [-0.25, -0.2) is 0 Å². The highest BCUT2D eigenvalue weighted by Crippen LogP contribution is 2.63. The Hall–Kier alpha value is -1.28. The van der Waals surface area contributed by atoms with E-state index >= 15 is 0 Å². The Kier molecular flexibility index (Phi) is 2.34. The maximum absolute atomic E-state index is 10.2. The van der Waals surface area contributed by atoms with Crippen molar-refractivity contribution in [2.24, 2.45) is 16.7 Å². The summed E-state index contributed by atoms with van der Waals surface area (Å²) in [5.41, 5.74) is 0.584. The van der Waals surface area contributed by atoms with Crippen LogP contribution in [0.5, 0.6) is 0 Å². The van der Waals surface area contributed by atoms with Crippen LogP contribution >= 0.6 is 0 Å². The molecule has 100 valence electrons. The van der Waals surface area contributed by atoms with Crippen LogP contribution in [-0.4, -0.2) is 17.7 Å². The first-order valence-electron chi connectivity index (χ1n) is 7.39. The zero-order chi connectivity index (χ0) is 12.9. The second-order valence-electron chi connectivity index (χ2n) is 6.68. The zero-order valence-corrected chi connectivity index (χ0v) is 11.2. The van der Waals surface area contributed by atoms with Crippen molar-refractivity contribution in [1.29, 1.82) is 0 Å². The van der Waals surface area contributed by atoms with E-state index < -0.39 is 0 Å². The van der Waals surface area contributed by atoms with Gasteiger partial charge in [0.05, 0.1) is 0 Å². The summed E-state index contributed by atoms with van der Waals surface area (Å²) in [4.78, 5) is 0. The van der Waals surface area contributed by atoms with Crippen molar-refractivity contribution < 1.29 is 5.11 Å². The quantitative estimate of drug-likeness (QED) is 0.651. The third kappa shape index (κ3) is 1.53. The van der Waals surface area contributed by atoms with E-state index in [2.05, 4.69) is 35.7 Å². The van der Waals surface area contributed by atoms with Crippen molar-refractivity contribution in [1.82, 2.24) is 5.32 Å². The molecule has 4 aliphatic rings. The molecule has 2 spiro atoms. The van der Waals surface area contributed by atoms with E-state index in [1.807, 2.05) is 12.2 Å². The fourth-order valence-electron chi connectivity index (χ4n) is 4.82. The van der Waals surface area contributed by atoms with Crippen LogP contribution in [0.2, 0.25) is 0 Å². The lowest BCUT2D eigenvalue weighted by Gasteiger charge is -2.47. The molecule has 1 aliphatic heterocycles. The standard InChI is InChI=1S/C17H21NO/c19-13-6-2-1-4-9-17-11-16(10-13)8-5-3-7-14(16)15(17)18-12-17/h1-4,6-7,10,14-15,18-19H,5,8-9,11-12H2/b4-1+,6-2-,13-10-/t14?,15?,16?,17-/m0/s1. The molecule has 2 heteroatoms. The molecule has 0 aromatic carbocycles. The molecule has 0 amide bonds. The van der Waals surface area contributed by atoms with E-state index in [1.54, 1.807) is 0 Å². The van der Waals surface area contributed by atoms with E-state index in [0.717, 1.165) is 19.4 Å². The minimum Gasteiger partial charge on any atom is -0.508 e. The van der Waals surface area contributed by atoms with Gasteiger partial charge in [0.1, 0.15) is 5.76 Å². The van der Waals surface area contributed by atoms with Gasteiger partial charge in [0.2, 0.25) is 0 Å². The largest absolute Gasteiger partial charge is 0.508 e. The SMILES string of the molecule is OC1=C\C23CCC=CC2C2NC[C@]2(C/C=C/C=C\1)C3. The fraction of sp³-hybridized carbons (Fsp3) is 0.529. The highest BCUT2D eigenvalue weighted by Gasteiger charge is 2.63. The number of nitrogens with one attached hydrogen (secondary N) is 1. The van der Waals surface area contributed by atoms with Crippen molar-refractivity contribution in [2.75, 3.05) is 6.54 Å². The second kappa shape index (κ2) is 3.86. The maximum Gasteiger partial charge on any atom is 0.112 e. The Morgan fingerprint density at radius 3 is 3.05 bits per heavy atom. The van der Waals surface area contributed by atoms with Gasteiger partial charge in [-0.05, 0) is 37.8 Å². The molecule has 2 fully saturated rings. The monoisotopic (exact) mass is 255 g/mol. The van der Waals surface area contributed by atoms with Gasteiger partial charge in [-0.2, -0.15) is 0 Å². The maximum atomic E-state index is 10.2. The lowest BCUT2D eigenvalue weighted by atomic mass is 9.70. The molecule has 2 nitrogen and oxygen atoms in total. The minimum absolute atomic E-state index is 0.169. The molecule has 2 bridgehead atoms. The summed E-state index contributed by atoms with van der Waals surface area (Å²) in [7, 11) is 0. The second-order valence-corrected chi connectivity index (χ2v) is 6.68. The third-order valence-electron chi connectivity index (χ3n) is 5.63. The summed E-state index contributed by atoms with van der Waals surface area (Å²) >= 11 is 0. The van der Waals surface area contributed by atoms with Gasteiger partial charge < -0.3 is 10.4 Å². The van der Waals surface area contributed by atoms with Crippen LogP contribution in [-0.2, 0) is 0 Å². The molecule has 3 unspecified atom stereocenters. The lowest BCUT2D eigenvalue weighted by Crippen LogP contribution is -2.61. The number of rotatable bonds is 0. The first kappa shape index (κ1) is 11.5. The van der Waals surface area contributed by atoms with Gasteiger partial charge in [-0.15, -0.1) is 0 Å². The van der Waals surface area contributed by atoms with E-state index in [9.17, 15) is 5.11 Å². The molecule has 1 heterocycles. The van der Waals surface area contributed by atoms with Crippen molar-refractivity contribution >= 4 is 0 Å². The van der Waals surface area contributed by atoms with Crippen molar-refractivity contribution in [3.8, 4) is 0 Å². The molecule has 0 radical (unpaired) electrons. The van der Waals surface area contributed by atoms with Crippen LogP contribution in [0.3, 0.4) is 0 Å². The average Bonchev–Trinajstić information content (AvgIpc) is 2.55. The van der Waals surface area contributed by atoms with Gasteiger partial charge in [0.15, 0.2) is 0 Å². The Labute approximate surface area is 114 Å². The predicted molar refractivity (Wildman–Crippen MR) is 76.7 cm³/mol. The first-order chi connectivity index (χ1) is 9.24. The van der Waals surface area contributed by atoms with Gasteiger partial charge in [-0.1, -0.05) is 30.4 Å². The lowest BCUT2D eigenvalue weighted by molar-refractivity contribution is 0.106. The van der Waals surface area contributed by atoms with E-state index in [0.29, 0.717) is 23.1 Å². The average molecular weight is 255 g/mol. The predicted octanol–water partition coefficient (Wildman–Crippen LogP) is 3.26. The van der Waals surface area contributed by atoms with Gasteiger partial charge in [0, 0.05) is 29.3 Å². The van der Waals surface area contributed by atoms with E-state index in [4.69, 9.17) is 0 Å². The molecular formula is C17H21NO. The molecule has 0 aromatic heterocycles. The van der Waals surface area contributed by atoms with Crippen LogP contribution < -0.4 is 5.32 Å². The molecule has 4 rings (SSSR count). The van der Waals surface area contributed by atoms with Gasteiger partial charge >= 0.3 is 0 Å². The molecule has 1 saturated heterocycles. The normalized spacial score (nSPS) is 53.2. The molecular weight excluding hydrogens is 234 g/mol. The topological polar surface area (TPSA) is 32.3 Å². The van der Waals surface area contributed by atoms with Crippen LogP contribution in [0.4, 0.5) is 0 Å². The number of fused-ring (bicyclic) bond motifs is 1. The van der Waals surface area contributed by atoms with Crippen molar-refractivity contribution in [3.05, 3.63) is 48.3 Å². The Bertz CT molecular complexity index is 515. The van der Waals surface area contributed by atoms with E-state index in [-0.39, 0.29) is 5.41 Å². The summed E-state index contributed by atoms with van der Waals surface area (Å²) < 4.78 is 0. The molecule has 4 atom stereocenters. The smallest absolute Gasteiger partial charge is 0.112 e. The fourth-order valence-corrected chi connectivity index (χ4v) is 4.82. The number of aliphatic hydroxyl groups excluding tert-OH is 1. The Morgan fingerprint density at radius 1 is 1.26 bits per heavy atom. The Balaban J connectivity index is 1.85. The molecule has 0 aromatic rings. The number of hydrogen-bond donors (Lipinski definition) is 2. The third-order valence-corrected chi connectivity index (χ3v) is 5.63. The van der Waals surface area contributed by atoms with E-state index in [1.165, 1.54) is 12.8 Å². The van der Waals surface area contributed by atoms with Crippen LogP contribution in [0.25, 0.3) is 0 Å². The summed E-state index contributed by atoms with van der Waals surface area (Å²) in [6.07, 6.45) is 19.7. The number of aliphatic hydroxyl groups is 1. The van der Waals surface area contributed by atoms with Gasteiger partial charge in [0.25, 0.3) is 0 Å². The summed E-state index contributed by atoms with van der Waals surface area (Å²) in [5, 5.41) is 13.8. The first-order valence-corrected chi connectivity index (χ1v) is 7.39. The summed E-state index contributed by atoms with van der Waals surface area (Å²) in [6, 6.07) is 0.593. The number of hydrogen-bond acceptors (Lipinski definition) is 2. The molecule has 19 heavy (non-hydrogen) atoms. The molecule has 1 saturated carbocycles. The minimum atomic E-state index is 0.169. The van der Waals surface area contributed by atoms with Crippen LogP contribution in [0.1, 0.15) is 25.7 Å². The number of allylic oxidation sites excluding steroid dienone is 6. The summed E-state index contributed by atoms with van der Waals surface area (Å²) in [5.74, 6) is 0.986. The van der Waals surface area contributed by atoms with Crippen LogP contribution in [0.15, 0.2) is 48.3 Å². The zero-order valence-electron chi connectivity index (χ0n) is 11.2. The molecule has 2 N–H and O–H groups in total. The van der Waals surface area contributed by atoms with Gasteiger partial charge in [-0.3, -0.25) is 0 Å². The van der Waals surface area contributed by atoms with Crippen LogP contribution in [0, 0.1) is 16.7 Å². The highest BCUT2D eigenvalue weighted by atomic mass is 16.3. The molecule has 3 aliphatic carbocycles. The highest BCUT2D eigenvalue weighted by molar-refractivity contribution is 5.32. The van der Waals surface area contributed by atoms with Crippen molar-refractivity contribution in [2.45, 2.75) is 31.7 Å². The van der Waals surface area contributed by atoms with Crippen molar-refractivity contribution in [3.63, 3.8) is 0 Å². The Morgan fingerprint density at radius 2 is 2.21 bits per heavy atom.